The van der Waals surface area contributed by atoms with Gasteiger partial charge in [0.15, 0.2) is 0 Å². The molecule has 5 rings (SSSR count). The maximum atomic E-state index is 13.5. The largest absolute Gasteiger partial charge is 0.478 e. The van der Waals surface area contributed by atoms with E-state index in [1.165, 1.54) is 12.1 Å². The molecule has 32 heavy (non-hydrogen) atoms. The van der Waals surface area contributed by atoms with Crippen molar-refractivity contribution in [2.45, 2.75) is 13.0 Å². The van der Waals surface area contributed by atoms with Gasteiger partial charge in [0.05, 0.1) is 17.3 Å². The summed E-state index contributed by atoms with van der Waals surface area (Å²) in [6.07, 6.45) is 0. The first-order valence-corrected chi connectivity index (χ1v) is 10.4. The van der Waals surface area contributed by atoms with E-state index in [2.05, 4.69) is 10.2 Å². The number of nitrogens with zero attached hydrogens (tertiary/aromatic N) is 2. The molecular formula is C25H18ClN3O3. The Bertz CT molecular complexity index is 1330. The minimum atomic E-state index is -1.02. The molecule has 2 heterocycles. The van der Waals surface area contributed by atoms with Crippen LogP contribution < -0.4 is 4.90 Å². The molecule has 0 radical (unpaired) electrons. The van der Waals surface area contributed by atoms with E-state index in [-0.39, 0.29) is 11.5 Å². The number of carbonyl (C=O) groups is 2. The lowest BCUT2D eigenvalue weighted by Crippen LogP contribution is -2.29. The third-order valence-electron chi connectivity index (χ3n) is 5.67. The Hall–Kier alpha value is -3.90. The maximum Gasteiger partial charge on any atom is 0.335 e. The smallest absolute Gasteiger partial charge is 0.335 e. The normalized spacial score (nSPS) is 15.1. The number of carboxylic acids is 1. The highest BCUT2D eigenvalue weighted by molar-refractivity contribution is 6.30. The number of hydrogen-bond acceptors (Lipinski definition) is 3. The summed E-state index contributed by atoms with van der Waals surface area (Å²) >= 11 is 6.11. The summed E-state index contributed by atoms with van der Waals surface area (Å²) in [6, 6.07) is 21.2. The number of nitrogens with one attached hydrogen (secondary N) is 1. The van der Waals surface area contributed by atoms with Crippen LogP contribution in [0.3, 0.4) is 0 Å². The van der Waals surface area contributed by atoms with E-state index >= 15 is 0 Å². The van der Waals surface area contributed by atoms with Gasteiger partial charge in [-0.05, 0) is 48.9 Å². The van der Waals surface area contributed by atoms with Crippen LogP contribution in [0, 0.1) is 6.92 Å². The van der Waals surface area contributed by atoms with E-state index in [9.17, 15) is 14.7 Å². The molecule has 0 spiro atoms. The van der Waals surface area contributed by atoms with Crippen LogP contribution in [0.4, 0.5) is 5.69 Å². The van der Waals surface area contributed by atoms with Crippen molar-refractivity contribution in [3.05, 3.63) is 106 Å². The van der Waals surface area contributed by atoms with E-state index in [1.54, 1.807) is 29.2 Å². The fourth-order valence-electron chi connectivity index (χ4n) is 4.07. The molecule has 0 saturated carbocycles. The Labute approximate surface area is 189 Å². The summed E-state index contributed by atoms with van der Waals surface area (Å²) in [5.74, 6) is -1.25. The first kappa shape index (κ1) is 20.0. The molecule has 1 aliphatic rings. The van der Waals surface area contributed by atoms with Crippen LogP contribution in [0.25, 0.3) is 11.3 Å². The molecule has 1 atom stereocenters. The van der Waals surface area contributed by atoms with Crippen molar-refractivity contribution >= 4 is 29.2 Å². The molecule has 2 N–H and O–H groups in total. The summed E-state index contributed by atoms with van der Waals surface area (Å²) < 4.78 is 0. The number of benzene rings is 3. The molecule has 1 aliphatic heterocycles. The third kappa shape index (κ3) is 3.25. The van der Waals surface area contributed by atoms with Gasteiger partial charge in [-0.1, -0.05) is 53.6 Å². The Morgan fingerprint density at radius 2 is 1.66 bits per heavy atom. The van der Waals surface area contributed by atoms with E-state index in [0.29, 0.717) is 22.1 Å². The molecular weight excluding hydrogens is 426 g/mol. The average molecular weight is 444 g/mol. The number of fused-ring (bicyclic) bond motifs is 1. The highest BCUT2D eigenvalue weighted by Crippen LogP contribution is 2.45. The second kappa shape index (κ2) is 7.66. The van der Waals surface area contributed by atoms with Crippen LogP contribution in [-0.2, 0) is 0 Å². The minimum Gasteiger partial charge on any atom is -0.478 e. The van der Waals surface area contributed by atoms with Crippen molar-refractivity contribution in [1.29, 1.82) is 0 Å². The Morgan fingerprint density at radius 3 is 2.28 bits per heavy atom. The van der Waals surface area contributed by atoms with Gasteiger partial charge in [0.1, 0.15) is 5.69 Å². The van der Waals surface area contributed by atoms with Crippen LogP contribution in [0.2, 0.25) is 5.02 Å². The zero-order valence-electron chi connectivity index (χ0n) is 17.0. The van der Waals surface area contributed by atoms with Gasteiger partial charge in [-0.2, -0.15) is 5.10 Å². The van der Waals surface area contributed by atoms with Gasteiger partial charge in [-0.3, -0.25) is 14.8 Å². The van der Waals surface area contributed by atoms with E-state index < -0.39 is 12.0 Å². The number of H-pyrrole nitrogens is 1. The molecule has 1 aromatic heterocycles. The van der Waals surface area contributed by atoms with Gasteiger partial charge in [0.25, 0.3) is 5.91 Å². The molecule has 0 saturated heterocycles. The van der Waals surface area contributed by atoms with Crippen molar-refractivity contribution in [1.82, 2.24) is 10.2 Å². The summed E-state index contributed by atoms with van der Waals surface area (Å²) in [4.78, 5) is 26.4. The van der Waals surface area contributed by atoms with Crippen LogP contribution in [0.1, 0.15) is 43.6 Å². The predicted molar refractivity (Wildman–Crippen MR) is 122 cm³/mol. The molecule has 1 amide bonds. The topological polar surface area (TPSA) is 86.3 Å². The molecule has 6 nitrogen and oxygen atoms in total. The van der Waals surface area contributed by atoms with Gasteiger partial charge >= 0.3 is 5.97 Å². The second-order valence-corrected chi connectivity index (χ2v) is 8.14. The fraction of sp³-hybridized carbons (Fsp3) is 0.0800. The van der Waals surface area contributed by atoms with E-state index in [1.807, 2.05) is 43.3 Å². The number of aryl methyl sites for hydroxylation is 1. The van der Waals surface area contributed by atoms with Crippen molar-refractivity contribution < 1.29 is 14.7 Å². The quantitative estimate of drug-likeness (QED) is 0.437. The number of aromatic amines is 1. The van der Waals surface area contributed by atoms with Crippen LogP contribution in [-0.4, -0.2) is 27.2 Å². The van der Waals surface area contributed by atoms with Crippen LogP contribution >= 0.6 is 11.6 Å². The lowest BCUT2D eigenvalue weighted by Gasteiger charge is -2.26. The summed E-state index contributed by atoms with van der Waals surface area (Å²) in [7, 11) is 0. The Balaban J connectivity index is 1.68. The van der Waals surface area contributed by atoms with Crippen molar-refractivity contribution in [3.8, 4) is 11.3 Å². The molecule has 4 aromatic rings. The monoisotopic (exact) mass is 443 g/mol. The molecule has 3 aromatic carbocycles. The summed E-state index contributed by atoms with van der Waals surface area (Å²) in [5, 5.41) is 17.2. The van der Waals surface area contributed by atoms with Gasteiger partial charge in [-0.25, -0.2) is 4.79 Å². The number of aromatic carboxylic acids is 1. The molecule has 0 aliphatic carbocycles. The van der Waals surface area contributed by atoms with Crippen molar-refractivity contribution in [3.63, 3.8) is 0 Å². The minimum absolute atomic E-state index is 0.156. The number of halogens is 1. The number of aromatic nitrogens is 2. The molecule has 0 bridgehead atoms. The lowest BCUT2D eigenvalue weighted by atomic mass is 9.95. The Kier molecular flexibility index (Phi) is 4.79. The predicted octanol–water partition coefficient (Wildman–Crippen LogP) is 5.49. The lowest BCUT2D eigenvalue weighted by molar-refractivity contribution is 0.0696. The number of hydrogen-bond donors (Lipinski definition) is 2. The Morgan fingerprint density at radius 1 is 1.00 bits per heavy atom. The van der Waals surface area contributed by atoms with E-state index in [0.717, 1.165) is 22.3 Å². The standard InChI is InChI=1S/C25H18ClN3O3/c1-14-2-4-15(5-3-14)21-20-22(28-27-21)24(30)29(19-12-8-17(9-13-19)25(31)32)23(20)16-6-10-18(26)11-7-16/h2-13,23H,1H3,(H,27,28)(H,31,32). The van der Waals surface area contributed by atoms with Gasteiger partial charge in [-0.15, -0.1) is 0 Å². The number of carboxylic acid groups (broad SMARTS) is 1. The first-order chi connectivity index (χ1) is 15.4. The second-order valence-electron chi connectivity index (χ2n) is 7.71. The van der Waals surface area contributed by atoms with Crippen LogP contribution in [0.15, 0.2) is 72.8 Å². The number of anilines is 1. The molecule has 7 heteroatoms. The SMILES string of the molecule is Cc1ccc(-c2n[nH]c3c2C(c2ccc(Cl)cc2)N(c2ccc(C(=O)O)cc2)C3=O)cc1. The van der Waals surface area contributed by atoms with Gasteiger partial charge in [0, 0.05) is 21.8 Å². The number of amides is 1. The molecule has 0 fully saturated rings. The van der Waals surface area contributed by atoms with E-state index in [4.69, 9.17) is 11.6 Å². The maximum absolute atomic E-state index is 13.5. The zero-order chi connectivity index (χ0) is 22.4. The average Bonchev–Trinajstić information content (AvgIpc) is 3.34. The summed E-state index contributed by atoms with van der Waals surface area (Å²) in [6.45, 7) is 2.02. The fourth-order valence-corrected chi connectivity index (χ4v) is 4.20. The number of rotatable bonds is 4. The van der Waals surface area contributed by atoms with Crippen molar-refractivity contribution in [2.75, 3.05) is 4.90 Å². The number of carbonyl (C=O) groups excluding carboxylic acids is 1. The van der Waals surface area contributed by atoms with Gasteiger partial charge in [0.2, 0.25) is 0 Å². The van der Waals surface area contributed by atoms with Gasteiger partial charge < -0.3 is 5.11 Å². The molecule has 158 valence electrons. The molecule has 1 unspecified atom stereocenters. The van der Waals surface area contributed by atoms with Crippen molar-refractivity contribution in [2.24, 2.45) is 0 Å². The third-order valence-corrected chi connectivity index (χ3v) is 5.92. The first-order valence-electron chi connectivity index (χ1n) is 10.0. The highest BCUT2D eigenvalue weighted by atomic mass is 35.5. The zero-order valence-corrected chi connectivity index (χ0v) is 17.8. The summed E-state index contributed by atoms with van der Waals surface area (Å²) in [5.41, 5.74) is 5.57. The highest BCUT2D eigenvalue weighted by Gasteiger charge is 2.43. The van der Waals surface area contributed by atoms with Crippen LogP contribution in [0.5, 0.6) is 0 Å².